The summed E-state index contributed by atoms with van der Waals surface area (Å²) in [6, 6.07) is 3.82. The predicted octanol–water partition coefficient (Wildman–Crippen LogP) is 2.36. The fraction of sp³-hybridized carbons (Fsp3) is 0.562. The van der Waals surface area contributed by atoms with E-state index in [0.717, 1.165) is 36.2 Å². The van der Waals surface area contributed by atoms with Crippen molar-refractivity contribution in [3.8, 4) is 0 Å². The van der Waals surface area contributed by atoms with E-state index in [1.807, 2.05) is 12.1 Å². The second kappa shape index (κ2) is 6.35. The Morgan fingerprint density at radius 1 is 1.33 bits per heavy atom. The van der Waals surface area contributed by atoms with Crippen molar-refractivity contribution in [3.05, 3.63) is 17.7 Å². The average molecular weight is 291 g/mol. The van der Waals surface area contributed by atoms with Gasteiger partial charge >= 0.3 is 0 Å². The van der Waals surface area contributed by atoms with E-state index in [4.69, 9.17) is 5.73 Å². The molecule has 5 N–H and O–H groups in total. The molecule has 1 aromatic carbocycles. The lowest BCUT2D eigenvalue weighted by molar-refractivity contribution is -0.116. The van der Waals surface area contributed by atoms with E-state index in [1.54, 1.807) is 0 Å². The molecular weight excluding hydrogens is 266 g/mol. The van der Waals surface area contributed by atoms with Crippen LogP contribution in [-0.2, 0) is 11.2 Å². The first-order valence-electron chi connectivity index (χ1n) is 7.60. The summed E-state index contributed by atoms with van der Waals surface area (Å²) < 4.78 is 0. The summed E-state index contributed by atoms with van der Waals surface area (Å²) in [5, 5.41) is 15.8. The van der Waals surface area contributed by atoms with Gasteiger partial charge in [0.15, 0.2) is 0 Å². The van der Waals surface area contributed by atoms with Gasteiger partial charge in [0.1, 0.15) is 0 Å². The number of amides is 1. The molecule has 1 aliphatic heterocycles. The zero-order valence-corrected chi connectivity index (χ0v) is 12.8. The number of nitrogens with two attached hydrogens (primary N) is 1. The van der Waals surface area contributed by atoms with Gasteiger partial charge in [-0.2, -0.15) is 0 Å². The van der Waals surface area contributed by atoms with E-state index in [1.165, 1.54) is 0 Å². The highest BCUT2D eigenvalue weighted by atomic mass is 16.3. The second-order valence-electron chi connectivity index (χ2n) is 5.86. The minimum atomic E-state index is -0.115. The number of benzene rings is 1. The largest absolute Gasteiger partial charge is 0.397 e. The molecule has 0 spiro atoms. The van der Waals surface area contributed by atoms with Crippen LogP contribution >= 0.6 is 0 Å². The topological polar surface area (TPSA) is 87.4 Å². The van der Waals surface area contributed by atoms with Crippen molar-refractivity contribution >= 4 is 23.0 Å². The maximum absolute atomic E-state index is 11.4. The molecular formula is C16H25N3O2. The molecule has 0 radical (unpaired) electrons. The first-order chi connectivity index (χ1) is 10.0. The van der Waals surface area contributed by atoms with Gasteiger partial charge in [0.2, 0.25) is 5.91 Å². The molecule has 116 valence electrons. The van der Waals surface area contributed by atoms with Gasteiger partial charge in [0.25, 0.3) is 0 Å². The summed E-state index contributed by atoms with van der Waals surface area (Å²) in [5.74, 6) is 0.0406. The van der Waals surface area contributed by atoms with E-state index in [9.17, 15) is 9.90 Å². The molecule has 1 heterocycles. The lowest BCUT2D eigenvalue weighted by Gasteiger charge is -2.30. The van der Waals surface area contributed by atoms with Crippen LogP contribution in [-0.4, -0.2) is 24.2 Å². The minimum Gasteiger partial charge on any atom is -0.397 e. The summed E-state index contributed by atoms with van der Waals surface area (Å²) in [5.41, 5.74) is 9.37. The first kappa shape index (κ1) is 15.6. The van der Waals surface area contributed by atoms with E-state index >= 15 is 0 Å². The summed E-state index contributed by atoms with van der Waals surface area (Å²) in [4.78, 5) is 11.4. The Bertz CT molecular complexity index is 516. The molecule has 0 aliphatic carbocycles. The molecule has 2 rings (SSSR count). The third-order valence-electron chi connectivity index (χ3n) is 4.66. The molecule has 5 nitrogen and oxygen atoms in total. The fourth-order valence-corrected chi connectivity index (χ4v) is 2.66. The molecule has 0 saturated carbocycles. The molecule has 0 atom stereocenters. The smallest absolute Gasteiger partial charge is 0.224 e. The van der Waals surface area contributed by atoms with Crippen LogP contribution in [0, 0.1) is 5.41 Å². The number of hydrogen-bond acceptors (Lipinski definition) is 4. The maximum atomic E-state index is 11.4. The highest BCUT2D eigenvalue weighted by Gasteiger charge is 2.25. The van der Waals surface area contributed by atoms with E-state index in [0.29, 0.717) is 18.7 Å². The monoisotopic (exact) mass is 291 g/mol. The van der Waals surface area contributed by atoms with Crippen molar-refractivity contribution in [1.29, 1.82) is 0 Å². The normalized spacial score (nSPS) is 14.5. The molecule has 0 fully saturated rings. The standard InChI is InChI=1S/C16H25N3O2/c1-3-16(4-2,10-20)9-18-14-7-11-5-6-15(21)19-13(11)8-12(14)17/h7-8,18,20H,3-6,9-10,17H2,1-2H3,(H,19,21). The van der Waals surface area contributed by atoms with Crippen molar-refractivity contribution in [3.63, 3.8) is 0 Å². The first-order valence-corrected chi connectivity index (χ1v) is 7.60. The lowest BCUT2D eigenvalue weighted by atomic mass is 9.83. The Balaban J connectivity index is 2.16. The number of aryl methyl sites for hydroxylation is 1. The fourth-order valence-electron chi connectivity index (χ4n) is 2.66. The molecule has 0 bridgehead atoms. The van der Waals surface area contributed by atoms with Gasteiger partial charge in [0.05, 0.1) is 18.0 Å². The number of rotatable bonds is 6. The molecule has 0 unspecified atom stereocenters. The van der Waals surface area contributed by atoms with Gasteiger partial charge in [-0.1, -0.05) is 13.8 Å². The molecule has 1 aromatic rings. The van der Waals surface area contributed by atoms with Gasteiger partial charge in [0, 0.05) is 24.1 Å². The number of fused-ring (bicyclic) bond motifs is 1. The maximum Gasteiger partial charge on any atom is 0.224 e. The highest BCUT2D eigenvalue weighted by Crippen LogP contribution is 2.33. The van der Waals surface area contributed by atoms with Crippen LogP contribution in [0.5, 0.6) is 0 Å². The Kier molecular flexibility index (Phi) is 4.73. The third-order valence-corrected chi connectivity index (χ3v) is 4.66. The lowest BCUT2D eigenvalue weighted by Crippen LogP contribution is -2.32. The number of nitrogen functional groups attached to an aromatic ring is 1. The summed E-state index contributed by atoms with van der Waals surface area (Å²) in [6.07, 6.45) is 3.07. The van der Waals surface area contributed by atoms with Crippen molar-refractivity contribution in [2.75, 3.05) is 29.5 Å². The van der Waals surface area contributed by atoms with Gasteiger partial charge in [-0.3, -0.25) is 4.79 Å². The SMILES string of the molecule is CCC(CC)(CO)CNc1cc2c(cc1N)NC(=O)CC2. The third kappa shape index (κ3) is 3.29. The summed E-state index contributed by atoms with van der Waals surface area (Å²) in [6.45, 7) is 5.03. The van der Waals surface area contributed by atoms with Crippen LogP contribution in [0.1, 0.15) is 38.7 Å². The molecule has 1 amide bonds. The van der Waals surface area contributed by atoms with Crippen molar-refractivity contribution in [2.24, 2.45) is 5.41 Å². The van der Waals surface area contributed by atoms with Crippen molar-refractivity contribution in [2.45, 2.75) is 39.5 Å². The predicted molar refractivity (Wildman–Crippen MR) is 86.4 cm³/mol. The number of carbonyl (C=O) groups is 1. The van der Waals surface area contributed by atoms with Gasteiger partial charge in [-0.25, -0.2) is 0 Å². The zero-order chi connectivity index (χ0) is 15.5. The van der Waals surface area contributed by atoms with Crippen LogP contribution in [0.4, 0.5) is 17.1 Å². The molecule has 5 heteroatoms. The zero-order valence-electron chi connectivity index (χ0n) is 12.8. The number of carbonyl (C=O) groups excluding carboxylic acids is 1. The summed E-state index contributed by atoms with van der Waals surface area (Å²) >= 11 is 0. The number of aliphatic hydroxyl groups is 1. The van der Waals surface area contributed by atoms with Crippen LogP contribution < -0.4 is 16.4 Å². The molecule has 0 saturated heterocycles. The molecule has 21 heavy (non-hydrogen) atoms. The Labute approximate surface area is 125 Å². The van der Waals surface area contributed by atoms with Crippen molar-refractivity contribution < 1.29 is 9.90 Å². The van der Waals surface area contributed by atoms with Gasteiger partial charge < -0.3 is 21.5 Å². The van der Waals surface area contributed by atoms with Gasteiger partial charge in [-0.15, -0.1) is 0 Å². The number of hydrogen-bond donors (Lipinski definition) is 4. The second-order valence-corrected chi connectivity index (χ2v) is 5.86. The Morgan fingerprint density at radius 3 is 2.67 bits per heavy atom. The van der Waals surface area contributed by atoms with Crippen molar-refractivity contribution in [1.82, 2.24) is 0 Å². The average Bonchev–Trinajstić information content (AvgIpc) is 2.49. The van der Waals surface area contributed by atoms with Gasteiger partial charge in [-0.05, 0) is 37.0 Å². The molecule has 0 aromatic heterocycles. The van der Waals surface area contributed by atoms with Crippen LogP contribution in [0.15, 0.2) is 12.1 Å². The quantitative estimate of drug-likeness (QED) is 0.606. The van der Waals surface area contributed by atoms with Crippen LogP contribution in [0.3, 0.4) is 0 Å². The Morgan fingerprint density at radius 2 is 2.05 bits per heavy atom. The number of anilines is 3. The van der Waals surface area contributed by atoms with Crippen LogP contribution in [0.25, 0.3) is 0 Å². The number of aliphatic hydroxyl groups excluding tert-OH is 1. The Hall–Kier alpha value is -1.75. The highest BCUT2D eigenvalue weighted by molar-refractivity contribution is 5.95. The summed E-state index contributed by atoms with van der Waals surface area (Å²) in [7, 11) is 0. The molecule has 1 aliphatic rings. The van der Waals surface area contributed by atoms with E-state index in [2.05, 4.69) is 24.5 Å². The minimum absolute atomic E-state index is 0.0406. The van der Waals surface area contributed by atoms with E-state index in [-0.39, 0.29) is 17.9 Å². The number of nitrogens with one attached hydrogen (secondary N) is 2. The van der Waals surface area contributed by atoms with Crippen LogP contribution in [0.2, 0.25) is 0 Å². The van der Waals surface area contributed by atoms with E-state index < -0.39 is 0 Å².